The first-order chi connectivity index (χ1) is 17.0. The summed E-state index contributed by atoms with van der Waals surface area (Å²) in [5.74, 6) is 3.07. The molecular weight excluding hydrogens is 496 g/mol. The van der Waals surface area contributed by atoms with E-state index in [1.165, 1.54) is 0 Å². The molecule has 0 unspecified atom stereocenters. The summed E-state index contributed by atoms with van der Waals surface area (Å²) < 4.78 is 25.5. The van der Waals surface area contributed by atoms with Gasteiger partial charge in [0.05, 0.1) is 7.11 Å². The predicted octanol–water partition coefficient (Wildman–Crippen LogP) is 8.80. The van der Waals surface area contributed by atoms with E-state index in [9.17, 15) is 5.11 Å². The van der Waals surface area contributed by atoms with E-state index in [2.05, 4.69) is 92.0 Å². The fourth-order valence-corrected chi connectivity index (χ4v) is 5.66. The molecule has 0 saturated heterocycles. The van der Waals surface area contributed by atoms with Crippen LogP contribution in [0.15, 0.2) is 40.8 Å². The number of furan rings is 1. The van der Waals surface area contributed by atoms with E-state index in [1.54, 1.807) is 7.11 Å². The number of methoxy groups -OCH3 is 1. The summed E-state index contributed by atoms with van der Waals surface area (Å²) >= 11 is 0. The minimum atomic E-state index is -2.07. The molecule has 0 aliphatic heterocycles. The monoisotopic (exact) mass is 542 g/mol. The quantitative estimate of drug-likeness (QED) is 0.274. The summed E-state index contributed by atoms with van der Waals surface area (Å²) in [5.41, 5.74) is 2.75. The Balaban J connectivity index is 2.14. The number of ether oxygens (including phenoxy) is 1. The van der Waals surface area contributed by atoms with Crippen LogP contribution in [0, 0.1) is 0 Å². The molecule has 7 heteroatoms. The number of hydrogen-bond donors (Lipinski definition) is 1. The number of aliphatic hydroxyl groups is 1. The van der Waals surface area contributed by atoms with Crippen molar-refractivity contribution >= 4 is 27.6 Å². The van der Waals surface area contributed by atoms with Crippen molar-refractivity contribution in [3.8, 4) is 28.6 Å². The molecule has 1 aromatic heterocycles. The fourth-order valence-electron chi connectivity index (χ4n) is 3.63. The molecule has 204 valence electrons. The van der Waals surface area contributed by atoms with Crippen molar-refractivity contribution in [2.75, 3.05) is 13.7 Å². The number of aliphatic hydroxyl groups excluding tert-OH is 1. The highest BCUT2D eigenvalue weighted by Crippen LogP contribution is 2.43. The lowest BCUT2D eigenvalue weighted by molar-refractivity contribution is 0.288. The summed E-state index contributed by atoms with van der Waals surface area (Å²) in [6.45, 7) is 22.7. The van der Waals surface area contributed by atoms with Gasteiger partial charge in [0.15, 0.2) is 11.3 Å². The van der Waals surface area contributed by atoms with Crippen LogP contribution in [0.3, 0.4) is 0 Å². The maximum Gasteiger partial charge on any atom is 0.250 e. The molecule has 0 aliphatic rings. The van der Waals surface area contributed by atoms with Crippen LogP contribution in [-0.2, 0) is 6.42 Å². The van der Waals surface area contributed by atoms with Gasteiger partial charge >= 0.3 is 0 Å². The number of fused-ring (bicyclic) bond motifs is 1. The Morgan fingerprint density at radius 1 is 0.784 bits per heavy atom. The van der Waals surface area contributed by atoms with Crippen molar-refractivity contribution in [1.29, 1.82) is 0 Å². The predicted molar refractivity (Wildman–Crippen MR) is 159 cm³/mol. The zero-order chi connectivity index (χ0) is 27.8. The van der Waals surface area contributed by atoms with E-state index < -0.39 is 16.6 Å². The lowest BCUT2D eigenvalue weighted by Gasteiger charge is -2.38. The van der Waals surface area contributed by atoms with E-state index in [4.69, 9.17) is 18.0 Å². The first-order valence-electron chi connectivity index (χ1n) is 13.2. The van der Waals surface area contributed by atoms with E-state index in [0.29, 0.717) is 17.8 Å². The summed E-state index contributed by atoms with van der Waals surface area (Å²) in [4.78, 5) is 0. The Morgan fingerprint density at radius 3 is 1.78 bits per heavy atom. The summed E-state index contributed by atoms with van der Waals surface area (Å²) in [5, 5.41) is 10.4. The van der Waals surface area contributed by atoms with Crippen LogP contribution in [-0.4, -0.2) is 35.5 Å². The molecule has 5 nitrogen and oxygen atoms in total. The number of aryl methyl sites for hydroxylation is 1. The van der Waals surface area contributed by atoms with Gasteiger partial charge in [-0.1, -0.05) is 41.5 Å². The molecule has 0 aliphatic carbocycles. The lowest BCUT2D eigenvalue weighted by atomic mass is 10.1. The van der Waals surface area contributed by atoms with Crippen LogP contribution in [0.2, 0.25) is 36.3 Å². The standard InChI is InChI=1S/C30H46O5Si2/c1-29(2,3)36(8,9)34-24-17-22(18-25(20-24)35-37(10,11)30(4,5)6)26-19-23-15-21(13-12-14-31)16-27(32-7)28(23)33-26/h15-20,31H,12-14H2,1-11H3. The topological polar surface area (TPSA) is 61.1 Å². The second-order valence-electron chi connectivity index (χ2n) is 13.1. The van der Waals surface area contributed by atoms with Gasteiger partial charge in [-0.2, -0.15) is 0 Å². The second-order valence-corrected chi connectivity index (χ2v) is 22.5. The Labute approximate surface area is 225 Å². The molecule has 0 fully saturated rings. The van der Waals surface area contributed by atoms with Gasteiger partial charge in [-0.25, -0.2) is 0 Å². The van der Waals surface area contributed by atoms with Crippen molar-refractivity contribution < 1.29 is 23.1 Å². The lowest BCUT2D eigenvalue weighted by Crippen LogP contribution is -2.44. The van der Waals surface area contributed by atoms with Crippen LogP contribution < -0.4 is 13.6 Å². The number of hydrogen-bond acceptors (Lipinski definition) is 5. The molecule has 0 saturated carbocycles. The third-order valence-electron chi connectivity index (χ3n) is 8.01. The van der Waals surface area contributed by atoms with Gasteiger partial charge < -0.3 is 23.1 Å². The number of benzene rings is 2. The van der Waals surface area contributed by atoms with E-state index in [-0.39, 0.29) is 16.7 Å². The molecule has 1 N–H and O–H groups in total. The Bertz CT molecular complexity index is 1180. The number of rotatable bonds is 9. The van der Waals surface area contributed by atoms with Crippen LogP contribution >= 0.6 is 0 Å². The normalized spacial score (nSPS) is 13.2. The molecule has 3 aromatic rings. The van der Waals surface area contributed by atoms with E-state index in [0.717, 1.165) is 40.2 Å². The highest BCUT2D eigenvalue weighted by Gasteiger charge is 2.40. The van der Waals surface area contributed by atoms with Crippen molar-refractivity contribution in [1.82, 2.24) is 0 Å². The van der Waals surface area contributed by atoms with Crippen LogP contribution in [0.25, 0.3) is 22.3 Å². The van der Waals surface area contributed by atoms with E-state index in [1.807, 2.05) is 12.1 Å². The average Bonchev–Trinajstić information content (AvgIpc) is 3.19. The van der Waals surface area contributed by atoms with Gasteiger partial charge in [0, 0.05) is 23.6 Å². The Hall–Kier alpha value is -2.23. The summed E-state index contributed by atoms with van der Waals surface area (Å²) in [6, 6.07) is 12.3. The minimum Gasteiger partial charge on any atom is -0.543 e. The van der Waals surface area contributed by atoms with Crippen molar-refractivity contribution in [2.24, 2.45) is 0 Å². The zero-order valence-corrected chi connectivity index (χ0v) is 26.7. The van der Waals surface area contributed by atoms with Gasteiger partial charge in [0.25, 0.3) is 0 Å². The van der Waals surface area contributed by atoms with Crippen LogP contribution in [0.5, 0.6) is 17.2 Å². The Morgan fingerprint density at radius 2 is 1.32 bits per heavy atom. The van der Waals surface area contributed by atoms with Crippen molar-refractivity contribution in [3.63, 3.8) is 0 Å². The van der Waals surface area contributed by atoms with Gasteiger partial charge in [0.1, 0.15) is 17.3 Å². The van der Waals surface area contributed by atoms with Gasteiger partial charge in [-0.05, 0) is 85.0 Å². The second kappa shape index (κ2) is 10.5. The maximum absolute atomic E-state index is 9.27. The molecule has 0 atom stereocenters. The molecule has 37 heavy (non-hydrogen) atoms. The van der Waals surface area contributed by atoms with Crippen LogP contribution in [0.1, 0.15) is 53.5 Å². The van der Waals surface area contributed by atoms with Gasteiger partial charge in [-0.3, -0.25) is 0 Å². The fraction of sp³-hybridized carbons (Fsp3) is 0.533. The largest absolute Gasteiger partial charge is 0.543 e. The molecule has 0 spiro atoms. The maximum atomic E-state index is 9.27. The zero-order valence-electron chi connectivity index (χ0n) is 24.7. The smallest absolute Gasteiger partial charge is 0.250 e. The highest BCUT2D eigenvalue weighted by molar-refractivity contribution is 6.75. The molecule has 0 radical (unpaired) electrons. The third-order valence-corrected chi connectivity index (χ3v) is 16.7. The summed E-state index contributed by atoms with van der Waals surface area (Å²) in [6.07, 6.45) is 1.49. The summed E-state index contributed by atoms with van der Waals surface area (Å²) in [7, 11) is -2.48. The SMILES string of the molecule is COc1cc(CCCO)cc2cc(-c3cc(O[Si](C)(C)C(C)(C)C)cc(O[Si](C)(C)C(C)(C)C)c3)oc12. The molecular formula is C30H46O5Si2. The Kier molecular flexibility index (Phi) is 8.33. The molecule has 2 aromatic carbocycles. The van der Waals surface area contributed by atoms with Crippen molar-refractivity contribution in [3.05, 3.63) is 42.0 Å². The third kappa shape index (κ3) is 6.62. The average molecular weight is 543 g/mol. The van der Waals surface area contributed by atoms with Crippen molar-refractivity contribution in [2.45, 2.75) is 90.6 Å². The first-order valence-corrected chi connectivity index (χ1v) is 19.0. The highest BCUT2D eigenvalue weighted by atomic mass is 28.4. The molecule has 1 heterocycles. The van der Waals surface area contributed by atoms with Gasteiger partial charge in [-0.15, -0.1) is 0 Å². The molecule has 3 rings (SSSR count). The minimum absolute atomic E-state index is 0.0706. The molecule has 0 bridgehead atoms. The first kappa shape index (κ1) is 29.3. The molecule has 0 amide bonds. The van der Waals surface area contributed by atoms with E-state index >= 15 is 0 Å². The van der Waals surface area contributed by atoms with Crippen LogP contribution in [0.4, 0.5) is 0 Å². The van der Waals surface area contributed by atoms with Gasteiger partial charge in [0.2, 0.25) is 16.6 Å².